The number of aryl methyl sites for hydroxylation is 1. The lowest BCUT2D eigenvalue weighted by atomic mass is 9.88. The van der Waals surface area contributed by atoms with E-state index in [0.717, 1.165) is 18.5 Å². The highest BCUT2D eigenvalue weighted by atomic mass is 16.5. The van der Waals surface area contributed by atoms with Gasteiger partial charge >= 0.3 is 0 Å². The van der Waals surface area contributed by atoms with Crippen molar-refractivity contribution in [2.24, 2.45) is 5.92 Å². The van der Waals surface area contributed by atoms with Gasteiger partial charge < -0.3 is 9.64 Å². The summed E-state index contributed by atoms with van der Waals surface area (Å²) in [5, 5.41) is 0. The summed E-state index contributed by atoms with van der Waals surface area (Å²) in [5.74, 6) is 0.239. The second-order valence-corrected chi connectivity index (χ2v) is 6.31. The van der Waals surface area contributed by atoms with Crippen LogP contribution in [0, 0.1) is 12.8 Å². The SMILES string of the molecule is CO[C@@H]1CCN(C(=O)c2cnc(C)cn2)C[C@H]1Cc1ccccc1. The summed E-state index contributed by atoms with van der Waals surface area (Å²) in [4.78, 5) is 23.0. The monoisotopic (exact) mass is 325 g/mol. The molecule has 24 heavy (non-hydrogen) atoms. The molecule has 0 bridgehead atoms. The van der Waals surface area contributed by atoms with Crippen molar-refractivity contribution in [3.8, 4) is 0 Å². The van der Waals surface area contributed by atoms with Gasteiger partial charge in [0.1, 0.15) is 5.69 Å². The highest BCUT2D eigenvalue weighted by Gasteiger charge is 2.32. The molecule has 0 radical (unpaired) electrons. The summed E-state index contributed by atoms with van der Waals surface area (Å²) in [6, 6.07) is 10.4. The largest absolute Gasteiger partial charge is 0.381 e. The molecule has 1 fully saturated rings. The van der Waals surface area contributed by atoms with Crippen LogP contribution in [0.1, 0.15) is 28.2 Å². The number of benzene rings is 1. The molecule has 1 amide bonds. The standard InChI is InChI=1S/C19H23N3O2/c1-14-11-21-17(12-20-14)19(23)22-9-8-18(24-2)16(13-22)10-15-6-4-3-5-7-15/h3-7,11-12,16,18H,8-10,13H2,1-2H3/t16-,18-/m1/s1. The number of carbonyl (C=O) groups excluding carboxylic acids is 1. The van der Waals surface area contributed by atoms with Gasteiger partial charge in [0, 0.05) is 32.3 Å². The van der Waals surface area contributed by atoms with Crippen molar-refractivity contribution in [1.29, 1.82) is 0 Å². The summed E-state index contributed by atoms with van der Waals surface area (Å²) in [5.41, 5.74) is 2.50. The predicted molar refractivity (Wildman–Crippen MR) is 91.7 cm³/mol. The fourth-order valence-corrected chi connectivity index (χ4v) is 3.28. The molecule has 0 N–H and O–H groups in total. The van der Waals surface area contributed by atoms with E-state index >= 15 is 0 Å². The summed E-state index contributed by atoms with van der Waals surface area (Å²) < 4.78 is 5.66. The van der Waals surface area contributed by atoms with Crippen LogP contribution in [0.3, 0.4) is 0 Å². The maximum absolute atomic E-state index is 12.7. The predicted octanol–water partition coefficient (Wildman–Crippen LogP) is 2.50. The Morgan fingerprint density at radius 2 is 2.04 bits per heavy atom. The zero-order valence-corrected chi connectivity index (χ0v) is 14.2. The first-order valence-corrected chi connectivity index (χ1v) is 8.32. The van der Waals surface area contributed by atoms with E-state index < -0.39 is 0 Å². The van der Waals surface area contributed by atoms with Crippen molar-refractivity contribution in [2.75, 3.05) is 20.2 Å². The van der Waals surface area contributed by atoms with Crippen molar-refractivity contribution in [1.82, 2.24) is 14.9 Å². The molecular weight excluding hydrogens is 302 g/mol. The number of hydrogen-bond donors (Lipinski definition) is 0. The number of aromatic nitrogens is 2. The molecule has 0 unspecified atom stereocenters. The van der Waals surface area contributed by atoms with Crippen LogP contribution in [0.2, 0.25) is 0 Å². The molecule has 0 spiro atoms. The first kappa shape index (κ1) is 16.6. The van der Waals surface area contributed by atoms with Gasteiger partial charge in [-0.1, -0.05) is 30.3 Å². The fraction of sp³-hybridized carbons (Fsp3) is 0.421. The highest BCUT2D eigenvalue weighted by Crippen LogP contribution is 2.24. The third-order valence-electron chi connectivity index (χ3n) is 4.59. The molecule has 0 saturated carbocycles. The number of ether oxygens (including phenoxy) is 1. The van der Waals surface area contributed by atoms with Crippen LogP contribution in [0.5, 0.6) is 0 Å². The highest BCUT2D eigenvalue weighted by molar-refractivity contribution is 5.92. The van der Waals surface area contributed by atoms with E-state index in [4.69, 9.17) is 4.74 Å². The third-order valence-corrected chi connectivity index (χ3v) is 4.59. The topological polar surface area (TPSA) is 55.3 Å². The minimum atomic E-state index is -0.0462. The lowest BCUT2D eigenvalue weighted by molar-refractivity contribution is -0.00318. The van der Waals surface area contributed by atoms with Crippen molar-refractivity contribution in [2.45, 2.75) is 25.9 Å². The lowest BCUT2D eigenvalue weighted by Gasteiger charge is -2.37. The van der Waals surface area contributed by atoms with Gasteiger partial charge in [0.2, 0.25) is 0 Å². The quantitative estimate of drug-likeness (QED) is 0.867. The minimum absolute atomic E-state index is 0.0462. The normalized spacial score (nSPS) is 20.8. The number of methoxy groups -OCH3 is 1. The van der Waals surface area contributed by atoms with E-state index in [0.29, 0.717) is 18.8 Å². The van der Waals surface area contributed by atoms with Crippen molar-refractivity contribution < 1.29 is 9.53 Å². The molecule has 5 nitrogen and oxygen atoms in total. The van der Waals surface area contributed by atoms with E-state index in [2.05, 4.69) is 22.1 Å². The average molecular weight is 325 g/mol. The number of hydrogen-bond acceptors (Lipinski definition) is 4. The summed E-state index contributed by atoms with van der Waals surface area (Å²) in [6.07, 6.45) is 5.13. The number of amides is 1. The Morgan fingerprint density at radius 1 is 1.25 bits per heavy atom. The van der Waals surface area contributed by atoms with Crippen LogP contribution >= 0.6 is 0 Å². The molecule has 2 aromatic rings. The molecule has 0 aliphatic carbocycles. The summed E-state index contributed by atoms with van der Waals surface area (Å²) in [6.45, 7) is 3.24. The van der Waals surface area contributed by atoms with Crippen LogP contribution in [0.15, 0.2) is 42.7 Å². The number of likely N-dealkylation sites (tertiary alicyclic amines) is 1. The second kappa shape index (κ2) is 7.53. The van der Waals surface area contributed by atoms with Crippen molar-refractivity contribution in [3.05, 3.63) is 59.7 Å². The van der Waals surface area contributed by atoms with Gasteiger partial charge in [-0.25, -0.2) is 4.98 Å². The van der Waals surface area contributed by atoms with Crippen LogP contribution < -0.4 is 0 Å². The average Bonchev–Trinajstić information content (AvgIpc) is 2.62. The zero-order valence-electron chi connectivity index (χ0n) is 14.2. The molecular formula is C19H23N3O2. The van der Waals surface area contributed by atoms with E-state index in [1.807, 2.05) is 30.0 Å². The van der Waals surface area contributed by atoms with Gasteiger partial charge in [0.05, 0.1) is 18.0 Å². The molecule has 5 heteroatoms. The maximum atomic E-state index is 12.7. The van der Waals surface area contributed by atoms with Gasteiger partial charge in [-0.2, -0.15) is 0 Å². The maximum Gasteiger partial charge on any atom is 0.274 e. The minimum Gasteiger partial charge on any atom is -0.381 e. The van der Waals surface area contributed by atoms with E-state index in [1.54, 1.807) is 19.5 Å². The molecule has 126 valence electrons. The van der Waals surface area contributed by atoms with E-state index in [-0.39, 0.29) is 17.9 Å². The second-order valence-electron chi connectivity index (χ2n) is 6.31. The Balaban J connectivity index is 1.72. The molecule has 1 aromatic heterocycles. The Kier molecular flexibility index (Phi) is 5.20. The number of carbonyl (C=O) groups is 1. The summed E-state index contributed by atoms with van der Waals surface area (Å²) in [7, 11) is 1.76. The third kappa shape index (κ3) is 3.79. The van der Waals surface area contributed by atoms with Crippen molar-refractivity contribution >= 4 is 5.91 Å². The molecule has 2 atom stereocenters. The zero-order chi connectivity index (χ0) is 16.9. The first-order chi connectivity index (χ1) is 11.7. The van der Waals surface area contributed by atoms with Gasteiger partial charge in [0.25, 0.3) is 5.91 Å². The number of rotatable bonds is 4. The molecule has 1 aliphatic rings. The van der Waals surface area contributed by atoms with Gasteiger partial charge in [-0.15, -0.1) is 0 Å². The first-order valence-electron chi connectivity index (χ1n) is 8.32. The van der Waals surface area contributed by atoms with Crippen LogP contribution in [0.4, 0.5) is 0 Å². The van der Waals surface area contributed by atoms with Gasteiger partial charge in [-0.3, -0.25) is 9.78 Å². The van der Waals surface area contributed by atoms with Crippen molar-refractivity contribution in [3.63, 3.8) is 0 Å². The van der Waals surface area contributed by atoms with Gasteiger partial charge in [-0.05, 0) is 25.3 Å². The lowest BCUT2D eigenvalue weighted by Crippen LogP contribution is -2.47. The number of nitrogens with zero attached hydrogens (tertiary/aromatic N) is 3. The van der Waals surface area contributed by atoms with Crippen LogP contribution in [-0.4, -0.2) is 47.1 Å². The fourth-order valence-electron chi connectivity index (χ4n) is 3.28. The molecule has 1 aliphatic heterocycles. The molecule has 2 heterocycles. The Labute approximate surface area is 142 Å². The van der Waals surface area contributed by atoms with Crippen LogP contribution in [0.25, 0.3) is 0 Å². The number of piperidine rings is 1. The molecule has 3 rings (SSSR count). The van der Waals surface area contributed by atoms with E-state index in [9.17, 15) is 4.79 Å². The van der Waals surface area contributed by atoms with Crippen LogP contribution in [-0.2, 0) is 11.2 Å². The smallest absolute Gasteiger partial charge is 0.274 e. The van der Waals surface area contributed by atoms with E-state index in [1.165, 1.54) is 5.56 Å². The molecule has 1 saturated heterocycles. The summed E-state index contributed by atoms with van der Waals surface area (Å²) >= 11 is 0. The molecule has 1 aromatic carbocycles. The Morgan fingerprint density at radius 3 is 2.71 bits per heavy atom. The Bertz CT molecular complexity index is 673. The Hall–Kier alpha value is -2.27. The van der Waals surface area contributed by atoms with Gasteiger partial charge in [0.15, 0.2) is 0 Å².